The van der Waals surface area contributed by atoms with Crippen LogP contribution in [-0.2, 0) is 0 Å². The Balaban J connectivity index is 2.28. The summed E-state index contributed by atoms with van der Waals surface area (Å²) in [6.45, 7) is 4.23. The van der Waals surface area contributed by atoms with Crippen LogP contribution in [0.3, 0.4) is 0 Å². The second kappa shape index (κ2) is 5.39. The van der Waals surface area contributed by atoms with Crippen molar-refractivity contribution in [3.63, 3.8) is 0 Å². The largest absolute Gasteiger partial charge is 0.335 e. The monoisotopic (exact) mass is 266 g/mol. The van der Waals surface area contributed by atoms with Crippen LogP contribution in [-0.4, -0.2) is 20.6 Å². The van der Waals surface area contributed by atoms with Crippen LogP contribution < -0.4 is 5.84 Å². The van der Waals surface area contributed by atoms with Crippen molar-refractivity contribution in [2.45, 2.75) is 19.0 Å². The fraction of sp³-hybridized carbons (Fsp3) is 0.333. The van der Waals surface area contributed by atoms with Crippen molar-refractivity contribution in [3.05, 3.63) is 30.1 Å². The van der Waals surface area contributed by atoms with E-state index in [-0.39, 0.29) is 5.82 Å². The standard InChI is InChI=1S/C12H15FN4S/c1-8(2)7-18-12-16-15-11(17(12)14)9-5-3-4-6-10(9)13/h3-6,8H,7,14H2,1-2H3. The molecule has 2 rings (SSSR count). The lowest BCUT2D eigenvalue weighted by atomic mass is 10.2. The SMILES string of the molecule is CC(C)CSc1nnc(-c2ccccc2F)n1N. The summed E-state index contributed by atoms with van der Waals surface area (Å²) in [5.74, 6) is 7.32. The molecular weight excluding hydrogens is 251 g/mol. The van der Waals surface area contributed by atoms with Crippen LogP contribution in [0.5, 0.6) is 0 Å². The smallest absolute Gasteiger partial charge is 0.210 e. The number of rotatable bonds is 4. The van der Waals surface area contributed by atoms with Gasteiger partial charge >= 0.3 is 0 Å². The van der Waals surface area contributed by atoms with Crippen LogP contribution in [0, 0.1) is 11.7 Å². The minimum absolute atomic E-state index is 0.347. The molecule has 0 fully saturated rings. The summed E-state index contributed by atoms with van der Waals surface area (Å²) >= 11 is 1.52. The molecular formula is C12H15FN4S. The Morgan fingerprint density at radius 3 is 2.72 bits per heavy atom. The summed E-state index contributed by atoms with van der Waals surface area (Å²) in [5, 5.41) is 8.54. The van der Waals surface area contributed by atoms with Crippen LogP contribution >= 0.6 is 11.8 Å². The molecule has 4 nitrogen and oxygen atoms in total. The Kier molecular flexibility index (Phi) is 3.86. The fourth-order valence-corrected chi connectivity index (χ4v) is 2.25. The lowest BCUT2D eigenvalue weighted by Crippen LogP contribution is -2.12. The van der Waals surface area contributed by atoms with Crippen LogP contribution in [0.2, 0.25) is 0 Å². The number of aromatic nitrogens is 3. The third-order valence-corrected chi connectivity index (χ3v) is 3.69. The topological polar surface area (TPSA) is 56.7 Å². The maximum absolute atomic E-state index is 13.6. The Hall–Kier alpha value is -1.56. The van der Waals surface area contributed by atoms with Gasteiger partial charge in [-0.25, -0.2) is 9.07 Å². The van der Waals surface area contributed by atoms with Crippen molar-refractivity contribution >= 4 is 11.8 Å². The highest BCUT2D eigenvalue weighted by Gasteiger charge is 2.15. The average Bonchev–Trinajstić information content (AvgIpc) is 2.69. The van der Waals surface area contributed by atoms with Gasteiger partial charge in [0, 0.05) is 5.75 Å². The van der Waals surface area contributed by atoms with Gasteiger partial charge in [0.15, 0.2) is 5.82 Å². The Morgan fingerprint density at radius 2 is 2.06 bits per heavy atom. The average molecular weight is 266 g/mol. The predicted octanol–water partition coefficient (Wildman–Crippen LogP) is 2.55. The van der Waals surface area contributed by atoms with E-state index >= 15 is 0 Å². The van der Waals surface area contributed by atoms with Crippen molar-refractivity contribution < 1.29 is 4.39 Å². The third kappa shape index (κ3) is 2.64. The molecule has 0 radical (unpaired) electrons. The summed E-state index contributed by atoms with van der Waals surface area (Å²) in [6, 6.07) is 6.39. The maximum Gasteiger partial charge on any atom is 0.210 e. The van der Waals surface area contributed by atoms with Gasteiger partial charge in [-0.05, 0) is 18.1 Å². The summed E-state index contributed by atoms with van der Waals surface area (Å²) in [7, 11) is 0. The van der Waals surface area contributed by atoms with Gasteiger partial charge in [0.25, 0.3) is 0 Å². The second-order valence-electron chi connectivity index (χ2n) is 4.36. The van der Waals surface area contributed by atoms with Crippen LogP contribution in [0.4, 0.5) is 4.39 Å². The van der Waals surface area contributed by atoms with Gasteiger partial charge in [-0.1, -0.05) is 37.7 Å². The van der Waals surface area contributed by atoms with Gasteiger partial charge in [0.05, 0.1) is 5.56 Å². The molecule has 0 unspecified atom stereocenters. The van der Waals surface area contributed by atoms with Gasteiger partial charge in [0.2, 0.25) is 5.16 Å². The van der Waals surface area contributed by atoms with E-state index in [4.69, 9.17) is 5.84 Å². The van der Waals surface area contributed by atoms with E-state index in [9.17, 15) is 4.39 Å². The van der Waals surface area contributed by atoms with Crippen molar-refractivity contribution in [1.82, 2.24) is 14.9 Å². The number of nitrogen functional groups attached to an aromatic ring is 1. The van der Waals surface area contributed by atoms with E-state index in [1.165, 1.54) is 22.5 Å². The summed E-state index contributed by atoms with van der Waals surface area (Å²) in [4.78, 5) is 0. The van der Waals surface area contributed by atoms with Crippen LogP contribution in [0.25, 0.3) is 11.4 Å². The van der Waals surface area contributed by atoms with Gasteiger partial charge in [-0.15, -0.1) is 10.2 Å². The number of hydrogen-bond donors (Lipinski definition) is 1. The molecule has 0 aliphatic rings. The molecule has 96 valence electrons. The van der Waals surface area contributed by atoms with Gasteiger partial charge in [-0.3, -0.25) is 0 Å². The number of nitrogens with two attached hydrogens (primary N) is 1. The van der Waals surface area contributed by atoms with Gasteiger partial charge in [-0.2, -0.15) is 0 Å². The quantitative estimate of drug-likeness (QED) is 0.682. The lowest BCUT2D eigenvalue weighted by molar-refractivity contribution is 0.629. The minimum atomic E-state index is -0.350. The molecule has 0 aliphatic heterocycles. The van der Waals surface area contributed by atoms with Crippen LogP contribution in [0.1, 0.15) is 13.8 Å². The molecule has 0 atom stereocenters. The molecule has 1 heterocycles. The molecule has 6 heteroatoms. The normalized spacial score (nSPS) is 11.1. The highest BCUT2D eigenvalue weighted by Crippen LogP contribution is 2.24. The molecule has 0 bridgehead atoms. The lowest BCUT2D eigenvalue weighted by Gasteiger charge is -2.05. The van der Waals surface area contributed by atoms with E-state index < -0.39 is 0 Å². The molecule has 2 aromatic rings. The van der Waals surface area contributed by atoms with Gasteiger partial charge < -0.3 is 5.84 Å². The first-order valence-electron chi connectivity index (χ1n) is 5.67. The van der Waals surface area contributed by atoms with E-state index in [2.05, 4.69) is 24.0 Å². The Morgan fingerprint density at radius 1 is 1.33 bits per heavy atom. The first-order chi connectivity index (χ1) is 8.59. The number of hydrogen-bond acceptors (Lipinski definition) is 4. The van der Waals surface area contributed by atoms with E-state index in [1.54, 1.807) is 18.2 Å². The number of benzene rings is 1. The molecule has 0 amide bonds. The van der Waals surface area contributed by atoms with Crippen molar-refractivity contribution in [1.29, 1.82) is 0 Å². The van der Waals surface area contributed by atoms with Crippen molar-refractivity contribution in [2.24, 2.45) is 5.92 Å². The molecule has 0 saturated heterocycles. The summed E-state index contributed by atoms with van der Waals surface area (Å²) < 4.78 is 15.0. The number of halogens is 1. The Labute approximate surface area is 109 Å². The maximum atomic E-state index is 13.6. The number of thioether (sulfide) groups is 1. The minimum Gasteiger partial charge on any atom is -0.335 e. The molecule has 2 N–H and O–H groups in total. The predicted molar refractivity (Wildman–Crippen MR) is 71.1 cm³/mol. The summed E-state index contributed by atoms with van der Waals surface area (Å²) in [5.41, 5.74) is 0.365. The summed E-state index contributed by atoms with van der Waals surface area (Å²) in [6.07, 6.45) is 0. The zero-order valence-corrected chi connectivity index (χ0v) is 11.1. The van der Waals surface area contributed by atoms with E-state index in [0.29, 0.717) is 22.5 Å². The highest BCUT2D eigenvalue weighted by molar-refractivity contribution is 7.99. The molecule has 1 aromatic carbocycles. The van der Waals surface area contributed by atoms with Crippen molar-refractivity contribution in [2.75, 3.05) is 11.6 Å². The molecule has 0 spiro atoms. The van der Waals surface area contributed by atoms with Gasteiger partial charge in [0.1, 0.15) is 5.82 Å². The Bertz CT molecular complexity index is 539. The zero-order chi connectivity index (χ0) is 13.1. The molecule has 1 aromatic heterocycles. The third-order valence-electron chi connectivity index (χ3n) is 2.33. The highest BCUT2D eigenvalue weighted by atomic mass is 32.2. The molecule has 0 saturated carbocycles. The van der Waals surface area contributed by atoms with E-state index in [1.807, 2.05) is 0 Å². The molecule has 18 heavy (non-hydrogen) atoms. The van der Waals surface area contributed by atoms with Crippen LogP contribution in [0.15, 0.2) is 29.4 Å². The number of nitrogens with zero attached hydrogens (tertiary/aromatic N) is 3. The van der Waals surface area contributed by atoms with Crippen molar-refractivity contribution in [3.8, 4) is 11.4 Å². The second-order valence-corrected chi connectivity index (χ2v) is 5.35. The molecule has 0 aliphatic carbocycles. The van der Waals surface area contributed by atoms with E-state index in [0.717, 1.165) is 5.75 Å². The first-order valence-corrected chi connectivity index (χ1v) is 6.66. The first kappa shape index (κ1) is 12.9. The fourth-order valence-electron chi connectivity index (χ4n) is 1.44. The zero-order valence-electron chi connectivity index (χ0n) is 10.3.